The Balaban J connectivity index is 1.79. The number of imidazole rings is 1. The van der Waals surface area contributed by atoms with E-state index in [4.69, 9.17) is 11.6 Å². The van der Waals surface area contributed by atoms with Crippen LogP contribution in [0.1, 0.15) is 0 Å². The molecule has 0 spiro atoms. The minimum absolute atomic E-state index is 0.0000916. The number of rotatable bonds is 3. The fraction of sp³-hybridized carbons (Fsp3) is 0.500. The molecule has 7 heteroatoms. The van der Waals surface area contributed by atoms with Gasteiger partial charge in [-0.1, -0.05) is 11.6 Å². The van der Waals surface area contributed by atoms with Crippen LogP contribution in [0.15, 0.2) is 12.1 Å². The first-order valence-corrected chi connectivity index (χ1v) is 6.76. The summed E-state index contributed by atoms with van der Waals surface area (Å²) in [4.78, 5) is 10.7. The lowest BCUT2D eigenvalue weighted by atomic mass is 10.3. The van der Waals surface area contributed by atoms with Crippen molar-refractivity contribution in [2.75, 3.05) is 32.7 Å². The predicted molar refractivity (Wildman–Crippen MR) is 73.5 cm³/mol. The van der Waals surface area contributed by atoms with E-state index in [0.717, 1.165) is 32.7 Å². The zero-order chi connectivity index (χ0) is 13.2. The Bertz CT molecular complexity index is 579. The van der Waals surface area contributed by atoms with E-state index in [2.05, 4.69) is 20.2 Å². The Morgan fingerprint density at radius 3 is 2.79 bits per heavy atom. The summed E-state index contributed by atoms with van der Waals surface area (Å²) in [6.07, 6.45) is 0. The normalized spacial score (nSPS) is 17.1. The van der Waals surface area contributed by atoms with Gasteiger partial charge >= 0.3 is 0 Å². The van der Waals surface area contributed by atoms with Crippen molar-refractivity contribution in [1.29, 1.82) is 0 Å². The van der Waals surface area contributed by atoms with Crippen LogP contribution in [0, 0.1) is 0 Å². The average Bonchev–Trinajstić information content (AvgIpc) is 2.73. The number of hydrogen-bond donors (Lipinski definition) is 2. The second kappa shape index (κ2) is 5.32. The molecule has 1 aliphatic rings. The summed E-state index contributed by atoms with van der Waals surface area (Å²) in [6.45, 7) is 5.62. The van der Waals surface area contributed by atoms with Crippen molar-refractivity contribution >= 4 is 22.8 Å². The van der Waals surface area contributed by atoms with Crippen LogP contribution < -0.4 is 5.32 Å². The molecule has 1 saturated heterocycles. The third kappa shape index (κ3) is 2.65. The number of aromatic nitrogens is 3. The van der Waals surface area contributed by atoms with Gasteiger partial charge in [0.25, 0.3) is 6.01 Å². The minimum atomic E-state index is -0.0000916. The van der Waals surface area contributed by atoms with Gasteiger partial charge in [0, 0.05) is 39.3 Å². The summed E-state index contributed by atoms with van der Waals surface area (Å²) >= 11 is 5.90. The second-order valence-corrected chi connectivity index (χ2v) is 5.02. The van der Waals surface area contributed by atoms with Crippen molar-refractivity contribution < 1.29 is 5.11 Å². The molecule has 0 bridgehead atoms. The molecule has 0 atom stereocenters. The van der Waals surface area contributed by atoms with Crippen LogP contribution in [0.3, 0.4) is 0 Å². The van der Waals surface area contributed by atoms with Gasteiger partial charge in [-0.3, -0.25) is 9.47 Å². The lowest BCUT2D eigenvalue weighted by Crippen LogP contribution is -2.44. The van der Waals surface area contributed by atoms with E-state index in [1.165, 1.54) is 0 Å². The molecule has 1 aliphatic heterocycles. The van der Waals surface area contributed by atoms with E-state index in [0.29, 0.717) is 22.9 Å². The van der Waals surface area contributed by atoms with Crippen LogP contribution in [0.2, 0.25) is 5.15 Å². The first-order chi connectivity index (χ1) is 9.24. The van der Waals surface area contributed by atoms with Crippen LogP contribution in [0.5, 0.6) is 6.01 Å². The number of nitrogens with zero attached hydrogens (tertiary/aromatic N) is 4. The lowest BCUT2D eigenvalue weighted by molar-refractivity contribution is 0.229. The minimum Gasteiger partial charge on any atom is -0.480 e. The van der Waals surface area contributed by atoms with Gasteiger partial charge in [0.2, 0.25) is 0 Å². The van der Waals surface area contributed by atoms with Crippen molar-refractivity contribution in [2.24, 2.45) is 0 Å². The molecule has 19 heavy (non-hydrogen) atoms. The van der Waals surface area contributed by atoms with Crippen molar-refractivity contribution in [2.45, 2.75) is 6.54 Å². The highest BCUT2D eigenvalue weighted by Crippen LogP contribution is 2.20. The van der Waals surface area contributed by atoms with Crippen molar-refractivity contribution in [3.05, 3.63) is 17.3 Å². The third-order valence-corrected chi connectivity index (χ3v) is 3.60. The van der Waals surface area contributed by atoms with Gasteiger partial charge in [-0.15, -0.1) is 0 Å². The third-order valence-electron chi connectivity index (χ3n) is 3.39. The Morgan fingerprint density at radius 2 is 2.00 bits per heavy atom. The quantitative estimate of drug-likeness (QED) is 0.811. The molecule has 6 nitrogen and oxygen atoms in total. The molecule has 3 rings (SSSR count). The van der Waals surface area contributed by atoms with Gasteiger partial charge in [0.15, 0.2) is 5.65 Å². The fourth-order valence-electron chi connectivity index (χ4n) is 2.35. The smallest absolute Gasteiger partial charge is 0.296 e. The summed E-state index contributed by atoms with van der Waals surface area (Å²) in [5, 5.41) is 13.6. The Hall–Kier alpha value is -1.37. The molecule has 1 fully saturated rings. The van der Waals surface area contributed by atoms with Gasteiger partial charge in [-0.2, -0.15) is 4.98 Å². The number of hydrogen-bond acceptors (Lipinski definition) is 5. The largest absolute Gasteiger partial charge is 0.480 e. The van der Waals surface area contributed by atoms with Gasteiger partial charge in [-0.25, -0.2) is 4.98 Å². The number of piperazine rings is 1. The number of halogens is 1. The highest BCUT2D eigenvalue weighted by Gasteiger charge is 2.14. The molecule has 0 unspecified atom stereocenters. The summed E-state index contributed by atoms with van der Waals surface area (Å²) in [5.74, 6) is 0. The topological polar surface area (TPSA) is 66.2 Å². The molecule has 2 aromatic heterocycles. The molecule has 102 valence electrons. The van der Waals surface area contributed by atoms with Crippen LogP contribution in [-0.4, -0.2) is 57.3 Å². The number of pyridine rings is 1. The van der Waals surface area contributed by atoms with Gasteiger partial charge < -0.3 is 10.4 Å². The first-order valence-electron chi connectivity index (χ1n) is 6.39. The standard InChI is InChI=1S/C12H16ClN5O/c13-10-2-1-9-11(16-10)18(12(19)15-9)8-7-17-5-3-14-4-6-17/h1-2,14H,3-8H2,(H,15,19). The van der Waals surface area contributed by atoms with Crippen molar-refractivity contribution in [3.8, 4) is 6.01 Å². The Labute approximate surface area is 116 Å². The maximum atomic E-state index is 9.89. The number of nitrogens with one attached hydrogen (secondary N) is 1. The highest BCUT2D eigenvalue weighted by molar-refractivity contribution is 6.29. The maximum Gasteiger partial charge on any atom is 0.296 e. The molecular weight excluding hydrogens is 266 g/mol. The predicted octanol–water partition coefficient (Wildman–Crippen LogP) is 0.695. The first kappa shape index (κ1) is 12.7. The molecule has 0 amide bonds. The zero-order valence-corrected chi connectivity index (χ0v) is 11.3. The fourth-order valence-corrected chi connectivity index (χ4v) is 2.49. The monoisotopic (exact) mass is 281 g/mol. The summed E-state index contributed by atoms with van der Waals surface area (Å²) < 4.78 is 1.71. The maximum absolute atomic E-state index is 9.89. The molecule has 0 aliphatic carbocycles. The Kier molecular flexibility index (Phi) is 3.54. The number of fused-ring (bicyclic) bond motifs is 1. The van der Waals surface area contributed by atoms with E-state index in [1.54, 1.807) is 16.7 Å². The van der Waals surface area contributed by atoms with E-state index < -0.39 is 0 Å². The molecular formula is C12H16ClN5O. The molecule has 0 aromatic carbocycles. The van der Waals surface area contributed by atoms with E-state index in [1.807, 2.05) is 0 Å². The Morgan fingerprint density at radius 1 is 1.21 bits per heavy atom. The lowest BCUT2D eigenvalue weighted by Gasteiger charge is -2.27. The van der Waals surface area contributed by atoms with E-state index in [9.17, 15) is 5.11 Å². The van der Waals surface area contributed by atoms with Crippen LogP contribution in [-0.2, 0) is 6.54 Å². The van der Waals surface area contributed by atoms with Crippen LogP contribution in [0.25, 0.3) is 11.2 Å². The van der Waals surface area contributed by atoms with Gasteiger partial charge in [-0.05, 0) is 12.1 Å². The van der Waals surface area contributed by atoms with Crippen molar-refractivity contribution in [3.63, 3.8) is 0 Å². The molecule has 2 aromatic rings. The summed E-state index contributed by atoms with van der Waals surface area (Å²) in [7, 11) is 0. The van der Waals surface area contributed by atoms with Gasteiger partial charge in [0.1, 0.15) is 10.7 Å². The van der Waals surface area contributed by atoms with E-state index in [-0.39, 0.29) is 6.01 Å². The zero-order valence-electron chi connectivity index (χ0n) is 10.5. The van der Waals surface area contributed by atoms with Crippen LogP contribution in [0.4, 0.5) is 0 Å². The molecule has 2 N–H and O–H groups in total. The molecule has 0 radical (unpaired) electrons. The molecule has 3 heterocycles. The average molecular weight is 282 g/mol. The van der Waals surface area contributed by atoms with Crippen LogP contribution >= 0.6 is 11.6 Å². The molecule has 0 saturated carbocycles. The SMILES string of the molecule is Oc1nc2ccc(Cl)nc2n1CCN1CCNCC1. The highest BCUT2D eigenvalue weighted by atomic mass is 35.5. The summed E-state index contributed by atoms with van der Waals surface area (Å²) in [5.41, 5.74) is 1.31. The van der Waals surface area contributed by atoms with E-state index >= 15 is 0 Å². The van der Waals surface area contributed by atoms with Gasteiger partial charge in [0.05, 0.1) is 0 Å². The number of aromatic hydroxyl groups is 1. The summed E-state index contributed by atoms with van der Waals surface area (Å²) in [6, 6.07) is 3.45. The second-order valence-electron chi connectivity index (χ2n) is 4.63. The van der Waals surface area contributed by atoms with Crippen molar-refractivity contribution in [1.82, 2.24) is 24.8 Å².